The molecule has 0 aliphatic rings. The highest BCUT2D eigenvalue weighted by Crippen LogP contribution is 2.19. The summed E-state index contributed by atoms with van der Waals surface area (Å²) in [6.07, 6.45) is 1.03. The molecule has 74 valence electrons. The molecule has 0 spiro atoms. The lowest BCUT2D eigenvalue weighted by atomic mass is 10.3. The van der Waals surface area contributed by atoms with Crippen molar-refractivity contribution in [3.05, 3.63) is 10.6 Å². The summed E-state index contributed by atoms with van der Waals surface area (Å²) in [5.41, 5.74) is 6.67. The van der Waals surface area contributed by atoms with Gasteiger partial charge in [0, 0.05) is 17.5 Å². The van der Waals surface area contributed by atoms with Crippen LogP contribution in [-0.2, 0) is 6.42 Å². The highest BCUT2D eigenvalue weighted by Gasteiger charge is 2.04. The third-order valence-electron chi connectivity index (χ3n) is 1.81. The second-order valence-corrected chi connectivity index (χ2v) is 4.53. The number of nitrogens with zero attached hydrogens (tertiary/aromatic N) is 1. The predicted octanol–water partition coefficient (Wildman–Crippen LogP) is 1.57. The fourth-order valence-corrected chi connectivity index (χ4v) is 1.99. The Morgan fingerprint density at radius 2 is 2.23 bits per heavy atom. The van der Waals surface area contributed by atoms with Crippen LogP contribution >= 0.6 is 11.3 Å². The van der Waals surface area contributed by atoms with Crippen molar-refractivity contribution in [2.75, 3.05) is 12.3 Å². The fraction of sp³-hybridized carbons (Fsp3) is 0.667. The molecule has 3 nitrogen and oxygen atoms in total. The second-order valence-electron chi connectivity index (χ2n) is 3.42. The lowest BCUT2D eigenvalue weighted by Crippen LogP contribution is -2.24. The number of nitrogens with two attached hydrogens (primary N) is 1. The number of anilines is 1. The SMILES string of the molecule is Cc1nc(N)sc1CCNC(C)C. The van der Waals surface area contributed by atoms with E-state index < -0.39 is 0 Å². The molecule has 1 aromatic rings. The molecule has 0 saturated heterocycles. The van der Waals surface area contributed by atoms with Gasteiger partial charge in [0.25, 0.3) is 0 Å². The molecule has 1 rings (SSSR count). The van der Waals surface area contributed by atoms with Crippen LogP contribution in [0.4, 0.5) is 5.13 Å². The van der Waals surface area contributed by atoms with Gasteiger partial charge in [0.05, 0.1) is 5.69 Å². The van der Waals surface area contributed by atoms with Crippen LogP contribution in [0.3, 0.4) is 0 Å². The smallest absolute Gasteiger partial charge is 0.180 e. The van der Waals surface area contributed by atoms with Gasteiger partial charge in [-0.25, -0.2) is 4.98 Å². The van der Waals surface area contributed by atoms with Crippen LogP contribution in [-0.4, -0.2) is 17.6 Å². The topological polar surface area (TPSA) is 50.9 Å². The van der Waals surface area contributed by atoms with Gasteiger partial charge in [0.2, 0.25) is 0 Å². The average Bonchev–Trinajstić information content (AvgIpc) is 2.29. The highest BCUT2D eigenvalue weighted by atomic mass is 32.1. The number of rotatable bonds is 4. The Labute approximate surface area is 83.4 Å². The Bertz CT molecular complexity index is 268. The molecule has 0 radical (unpaired) electrons. The maximum absolute atomic E-state index is 5.60. The number of nitrogen functional groups attached to an aromatic ring is 1. The standard InChI is InChI=1S/C9H17N3S/c1-6(2)11-5-4-8-7(3)12-9(10)13-8/h6,11H,4-5H2,1-3H3,(H2,10,12). The number of nitrogens with one attached hydrogen (secondary N) is 1. The van der Waals surface area contributed by atoms with E-state index in [9.17, 15) is 0 Å². The van der Waals surface area contributed by atoms with Crippen LogP contribution in [0.2, 0.25) is 0 Å². The maximum atomic E-state index is 5.60. The number of thiazole rings is 1. The minimum Gasteiger partial charge on any atom is -0.375 e. The van der Waals surface area contributed by atoms with Crippen LogP contribution in [0, 0.1) is 6.92 Å². The molecule has 0 unspecified atom stereocenters. The first-order chi connectivity index (χ1) is 6.09. The minimum absolute atomic E-state index is 0.547. The van der Waals surface area contributed by atoms with Crippen molar-refractivity contribution in [2.45, 2.75) is 33.2 Å². The van der Waals surface area contributed by atoms with Crippen LogP contribution in [0.1, 0.15) is 24.4 Å². The Morgan fingerprint density at radius 3 is 2.69 bits per heavy atom. The number of aromatic nitrogens is 1. The van der Waals surface area contributed by atoms with Gasteiger partial charge >= 0.3 is 0 Å². The quantitative estimate of drug-likeness (QED) is 0.774. The van der Waals surface area contributed by atoms with Crippen molar-refractivity contribution in [3.63, 3.8) is 0 Å². The van der Waals surface area contributed by atoms with Gasteiger partial charge in [-0.15, -0.1) is 11.3 Å². The lowest BCUT2D eigenvalue weighted by molar-refractivity contribution is 0.591. The molecule has 0 fully saturated rings. The lowest BCUT2D eigenvalue weighted by Gasteiger charge is -2.06. The molecule has 3 N–H and O–H groups in total. The molecule has 0 aliphatic carbocycles. The first-order valence-electron chi connectivity index (χ1n) is 4.54. The zero-order chi connectivity index (χ0) is 9.84. The van der Waals surface area contributed by atoms with Crippen molar-refractivity contribution in [1.82, 2.24) is 10.3 Å². The molecule has 0 amide bonds. The average molecular weight is 199 g/mol. The highest BCUT2D eigenvalue weighted by molar-refractivity contribution is 7.15. The van der Waals surface area contributed by atoms with E-state index in [0.717, 1.165) is 18.7 Å². The van der Waals surface area contributed by atoms with Gasteiger partial charge in [-0.2, -0.15) is 0 Å². The van der Waals surface area contributed by atoms with E-state index in [2.05, 4.69) is 24.1 Å². The third kappa shape index (κ3) is 3.32. The second kappa shape index (κ2) is 4.58. The summed E-state index contributed by atoms with van der Waals surface area (Å²) in [7, 11) is 0. The van der Waals surface area contributed by atoms with E-state index in [1.165, 1.54) is 4.88 Å². The van der Waals surface area contributed by atoms with Crippen LogP contribution in [0.25, 0.3) is 0 Å². The number of hydrogen-bond acceptors (Lipinski definition) is 4. The van der Waals surface area contributed by atoms with Crippen molar-refractivity contribution < 1.29 is 0 Å². The van der Waals surface area contributed by atoms with Gasteiger partial charge in [0.1, 0.15) is 0 Å². The summed E-state index contributed by atoms with van der Waals surface area (Å²) in [4.78, 5) is 5.47. The Kier molecular flexibility index (Phi) is 3.69. The molecule has 4 heteroatoms. The van der Waals surface area contributed by atoms with E-state index in [1.54, 1.807) is 11.3 Å². The summed E-state index contributed by atoms with van der Waals surface area (Å²) >= 11 is 1.59. The van der Waals surface area contributed by atoms with Crippen LogP contribution in [0.15, 0.2) is 0 Å². The number of hydrogen-bond donors (Lipinski definition) is 2. The monoisotopic (exact) mass is 199 g/mol. The van der Waals surface area contributed by atoms with E-state index >= 15 is 0 Å². The fourth-order valence-electron chi connectivity index (χ4n) is 1.16. The molecule has 0 aromatic carbocycles. The van der Waals surface area contributed by atoms with Gasteiger partial charge in [0.15, 0.2) is 5.13 Å². The van der Waals surface area contributed by atoms with Crippen LogP contribution < -0.4 is 11.1 Å². The largest absolute Gasteiger partial charge is 0.375 e. The Hall–Kier alpha value is -0.610. The predicted molar refractivity (Wildman–Crippen MR) is 58.1 cm³/mol. The normalized spacial score (nSPS) is 11.1. The summed E-state index contributed by atoms with van der Waals surface area (Å²) in [5, 5.41) is 4.05. The van der Waals surface area contributed by atoms with Gasteiger partial charge < -0.3 is 11.1 Å². The summed E-state index contributed by atoms with van der Waals surface area (Å²) in [5.74, 6) is 0. The molecule has 0 aliphatic heterocycles. The Morgan fingerprint density at radius 1 is 1.54 bits per heavy atom. The van der Waals surface area contributed by atoms with Gasteiger partial charge in [-0.3, -0.25) is 0 Å². The van der Waals surface area contributed by atoms with Gasteiger partial charge in [-0.1, -0.05) is 13.8 Å². The maximum Gasteiger partial charge on any atom is 0.180 e. The van der Waals surface area contributed by atoms with Crippen molar-refractivity contribution in [1.29, 1.82) is 0 Å². The first kappa shape index (κ1) is 10.5. The molecule has 1 heterocycles. The van der Waals surface area contributed by atoms with Crippen molar-refractivity contribution >= 4 is 16.5 Å². The molecule has 0 saturated carbocycles. The van der Waals surface area contributed by atoms with Crippen LogP contribution in [0.5, 0.6) is 0 Å². The minimum atomic E-state index is 0.547. The third-order valence-corrected chi connectivity index (χ3v) is 2.86. The summed E-state index contributed by atoms with van der Waals surface area (Å²) in [6.45, 7) is 7.31. The molecule has 1 aromatic heterocycles. The van der Waals surface area contributed by atoms with Crippen molar-refractivity contribution in [3.8, 4) is 0 Å². The molecular weight excluding hydrogens is 182 g/mol. The summed E-state index contributed by atoms with van der Waals surface area (Å²) in [6, 6.07) is 0.547. The molecule has 0 atom stereocenters. The molecule has 13 heavy (non-hydrogen) atoms. The zero-order valence-corrected chi connectivity index (χ0v) is 9.24. The van der Waals surface area contributed by atoms with Crippen molar-refractivity contribution in [2.24, 2.45) is 0 Å². The first-order valence-corrected chi connectivity index (χ1v) is 5.36. The van der Waals surface area contributed by atoms with E-state index in [-0.39, 0.29) is 0 Å². The molecule has 0 bridgehead atoms. The zero-order valence-electron chi connectivity index (χ0n) is 8.42. The molecular formula is C9H17N3S. The van der Waals surface area contributed by atoms with E-state index in [0.29, 0.717) is 11.2 Å². The van der Waals surface area contributed by atoms with E-state index in [1.807, 2.05) is 6.92 Å². The number of aryl methyl sites for hydroxylation is 1. The van der Waals surface area contributed by atoms with Gasteiger partial charge in [-0.05, 0) is 13.3 Å². The Balaban J connectivity index is 2.40. The summed E-state index contributed by atoms with van der Waals surface area (Å²) < 4.78 is 0. The van der Waals surface area contributed by atoms with E-state index in [4.69, 9.17) is 5.73 Å².